The lowest BCUT2D eigenvalue weighted by Crippen LogP contribution is -2.48. The zero-order chi connectivity index (χ0) is 20.9. The minimum atomic E-state index is -0.0101. The number of hydrogen-bond donors (Lipinski definition) is 0. The molecule has 3 heterocycles. The molecule has 0 N–H and O–H groups in total. The second-order valence-corrected chi connectivity index (χ2v) is 8.52. The largest absolute Gasteiger partial charge is 0.497 e. The van der Waals surface area contributed by atoms with Gasteiger partial charge in [-0.25, -0.2) is 0 Å². The molecule has 0 radical (unpaired) electrons. The van der Waals surface area contributed by atoms with Gasteiger partial charge in [0.05, 0.1) is 19.1 Å². The summed E-state index contributed by atoms with van der Waals surface area (Å²) in [7, 11) is 3.21. The molecule has 1 aliphatic rings. The maximum atomic E-state index is 12.6. The number of hydrogen-bond acceptors (Lipinski definition) is 8. The molecule has 7 nitrogen and oxygen atoms in total. The first kappa shape index (κ1) is 20.4. The third-order valence-corrected chi connectivity index (χ3v) is 6.88. The predicted octanol–water partition coefficient (Wildman–Crippen LogP) is 3.65. The van der Waals surface area contributed by atoms with Crippen LogP contribution < -0.4 is 14.4 Å². The highest BCUT2D eigenvalue weighted by Gasteiger charge is 2.22. The minimum Gasteiger partial charge on any atom is -0.497 e. The number of carbonyl (C=O) groups excluding carboxylic acids is 1. The van der Waals surface area contributed by atoms with Crippen LogP contribution in [0.25, 0.3) is 16.0 Å². The summed E-state index contributed by atoms with van der Waals surface area (Å²) in [5.74, 6) is 1.37. The van der Waals surface area contributed by atoms with E-state index >= 15 is 0 Å². The zero-order valence-corrected chi connectivity index (χ0v) is 18.4. The van der Waals surface area contributed by atoms with Gasteiger partial charge in [0, 0.05) is 43.9 Å². The van der Waals surface area contributed by atoms with E-state index in [1.807, 2.05) is 28.5 Å². The van der Waals surface area contributed by atoms with Gasteiger partial charge in [0.1, 0.15) is 11.5 Å². The van der Waals surface area contributed by atoms with Gasteiger partial charge in [-0.3, -0.25) is 4.79 Å². The first-order valence-corrected chi connectivity index (χ1v) is 11.2. The van der Waals surface area contributed by atoms with Gasteiger partial charge in [-0.1, -0.05) is 17.4 Å². The Kier molecular flexibility index (Phi) is 6.29. The Morgan fingerprint density at radius 1 is 1.10 bits per heavy atom. The number of carbonyl (C=O) groups is 1. The van der Waals surface area contributed by atoms with Crippen molar-refractivity contribution in [2.45, 2.75) is 0 Å². The van der Waals surface area contributed by atoms with Gasteiger partial charge < -0.3 is 19.3 Å². The maximum Gasteiger partial charge on any atom is 0.246 e. The maximum absolute atomic E-state index is 12.6. The molecule has 1 amide bonds. The standard InChI is InChI=1S/C21H22N4O3S2/c1-27-16-7-5-15(17(14-16)28-2)6-8-19(26)24-9-11-25(12-10-24)21-23-22-20(30-21)18-4-3-13-29-18/h3-8,13-14H,9-12H2,1-2H3/b8-6+. The third-order valence-electron chi connectivity index (χ3n) is 4.85. The second-order valence-electron chi connectivity index (χ2n) is 6.62. The molecule has 1 aromatic carbocycles. The molecule has 0 spiro atoms. The fraction of sp³-hybridized carbons (Fsp3) is 0.286. The predicted molar refractivity (Wildman–Crippen MR) is 121 cm³/mol. The first-order valence-electron chi connectivity index (χ1n) is 9.49. The SMILES string of the molecule is COc1ccc(/C=C/C(=O)N2CCN(c3nnc(-c4cccs4)s3)CC2)c(OC)c1. The number of rotatable bonds is 6. The van der Waals surface area contributed by atoms with Crippen LogP contribution in [0.5, 0.6) is 11.5 Å². The lowest BCUT2D eigenvalue weighted by molar-refractivity contribution is -0.126. The van der Waals surface area contributed by atoms with Crippen LogP contribution in [0.4, 0.5) is 5.13 Å². The van der Waals surface area contributed by atoms with Crippen LogP contribution in [0.2, 0.25) is 0 Å². The van der Waals surface area contributed by atoms with Gasteiger partial charge in [0.2, 0.25) is 11.0 Å². The van der Waals surface area contributed by atoms with Crippen molar-refractivity contribution < 1.29 is 14.3 Å². The zero-order valence-electron chi connectivity index (χ0n) is 16.8. The molecule has 4 rings (SSSR count). The van der Waals surface area contributed by atoms with Crippen molar-refractivity contribution in [3.63, 3.8) is 0 Å². The number of benzene rings is 1. The van der Waals surface area contributed by atoms with Gasteiger partial charge in [-0.2, -0.15) is 0 Å². The summed E-state index contributed by atoms with van der Waals surface area (Å²) in [4.78, 5) is 17.8. The van der Waals surface area contributed by atoms with Crippen LogP contribution >= 0.6 is 22.7 Å². The molecule has 3 aromatic rings. The van der Waals surface area contributed by atoms with Gasteiger partial charge in [-0.15, -0.1) is 21.5 Å². The van der Waals surface area contributed by atoms with Crippen LogP contribution in [0.15, 0.2) is 41.8 Å². The molecule has 30 heavy (non-hydrogen) atoms. The van der Waals surface area contributed by atoms with Crippen molar-refractivity contribution in [1.29, 1.82) is 0 Å². The van der Waals surface area contributed by atoms with E-state index in [-0.39, 0.29) is 5.91 Å². The number of nitrogens with zero attached hydrogens (tertiary/aromatic N) is 4. The van der Waals surface area contributed by atoms with Gasteiger partial charge in [-0.05, 0) is 29.7 Å². The number of aromatic nitrogens is 2. The third kappa shape index (κ3) is 4.47. The Labute approximate surface area is 183 Å². The van der Waals surface area contributed by atoms with Crippen molar-refractivity contribution in [2.24, 2.45) is 0 Å². The van der Waals surface area contributed by atoms with Crippen LogP contribution in [-0.4, -0.2) is 61.4 Å². The molecule has 1 fully saturated rings. The quantitative estimate of drug-likeness (QED) is 0.543. The normalized spacial score (nSPS) is 14.3. The second kappa shape index (κ2) is 9.27. The highest BCUT2D eigenvalue weighted by Crippen LogP contribution is 2.32. The fourth-order valence-corrected chi connectivity index (χ4v) is 4.87. The Morgan fingerprint density at radius 3 is 2.63 bits per heavy atom. The molecular weight excluding hydrogens is 420 g/mol. The van der Waals surface area contributed by atoms with Crippen molar-refractivity contribution in [2.75, 3.05) is 45.3 Å². The van der Waals surface area contributed by atoms with Crippen molar-refractivity contribution in [3.05, 3.63) is 47.4 Å². The van der Waals surface area contributed by atoms with E-state index in [9.17, 15) is 4.79 Å². The van der Waals surface area contributed by atoms with E-state index in [1.54, 1.807) is 55.1 Å². The highest BCUT2D eigenvalue weighted by atomic mass is 32.1. The smallest absolute Gasteiger partial charge is 0.246 e. The minimum absolute atomic E-state index is 0.0101. The molecule has 0 bridgehead atoms. The number of amides is 1. The molecule has 9 heteroatoms. The number of ether oxygens (including phenoxy) is 2. The molecular formula is C21H22N4O3S2. The molecule has 156 valence electrons. The van der Waals surface area contributed by atoms with Gasteiger partial charge in [0.25, 0.3) is 0 Å². The van der Waals surface area contributed by atoms with Crippen LogP contribution in [0, 0.1) is 0 Å². The Morgan fingerprint density at radius 2 is 1.93 bits per heavy atom. The fourth-order valence-electron chi connectivity index (χ4n) is 3.18. The van der Waals surface area contributed by atoms with E-state index in [1.165, 1.54) is 0 Å². The van der Waals surface area contributed by atoms with Crippen molar-refractivity contribution >= 4 is 39.8 Å². The molecule has 0 aliphatic carbocycles. The Balaban J connectivity index is 1.35. The molecule has 1 aliphatic heterocycles. The lowest BCUT2D eigenvalue weighted by Gasteiger charge is -2.33. The molecule has 1 saturated heterocycles. The molecule has 0 saturated carbocycles. The Hall–Kier alpha value is -2.91. The van der Waals surface area contributed by atoms with E-state index in [4.69, 9.17) is 9.47 Å². The van der Waals surface area contributed by atoms with E-state index in [2.05, 4.69) is 21.2 Å². The lowest BCUT2D eigenvalue weighted by atomic mass is 10.1. The number of piperazine rings is 1. The van der Waals surface area contributed by atoms with Gasteiger partial charge in [0.15, 0.2) is 5.01 Å². The number of anilines is 1. The summed E-state index contributed by atoms with van der Waals surface area (Å²) in [5.41, 5.74) is 0.834. The van der Waals surface area contributed by atoms with Gasteiger partial charge >= 0.3 is 0 Å². The summed E-state index contributed by atoms with van der Waals surface area (Å²) >= 11 is 3.26. The van der Waals surface area contributed by atoms with Crippen molar-refractivity contribution in [1.82, 2.24) is 15.1 Å². The average molecular weight is 443 g/mol. The first-order chi connectivity index (χ1) is 14.7. The number of methoxy groups -OCH3 is 2. The van der Waals surface area contributed by atoms with E-state index in [0.29, 0.717) is 24.6 Å². The highest BCUT2D eigenvalue weighted by molar-refractivity contribution is 7.22. The topological polar surface area (TPSA) is 67.8 Å². The van der Waals surface area contributed by atoms with Crippen LogP contribution in [0.1, 0.15) is 5.56 Å². The summed E-state index contributed by atoms with van der Waals surface area (Å²) < 4.78 is 10.6. The Bertz CT molecular complexity index is 1020. The summed E-state index contributed by atoms with van der Waals surface area (Å²) in [6.45, 7) is 2.78. The van der Waals surface area contributed by atoms with Crippen LogP contribution in [-0.2, 0) is 4.79 Å². The van der Waals surface area contributed by atoms with Crippen LogP contribution in [0.3, 0.4) is 0 Å². The monoisotopic (exact) mass is 442 g/mol. The molecule has 2 aromatic heterocycles. The summed E-state index contributed by atoms with van der Waals surface area (Å²) in [6.07, 6.45) is 3.38. The van der Waals surface area contributed by atoms with E-state index < -0.39 is 0 Å². The molecule has 0 atom stereocenters. The molecule has 0 unspecified atom stereocenters. The number of thiophene rings is 1. The summed E-state index contributed by atoms with van der Waals surface area (Å²) in [5, 5.41) is 12.5. The average Bonchev–Trinajstić information content (AvgIpc) is 3.49. The van der Waals surface area contributed by atoms with E-state index in [0.717, 1.165) is 33.7 Å². The van der Waals surface area contributed by atoms with Crippen molar-refractivity contribution in [3.8, 4) is 21.4 Å². The summed E-state index contributed by atoms with van der Waals surface area (Å²) in [6, 6.07) is 9.59.